The molecule has 0 aliphatic rings. The van der Waals surface area contributed by atoms with Gasteiger partial charge >= 0.3 is 0 Å². The Balaban J connectivity index is 1.84. The van der Waals surface area contributed by atoms with Gasteiger partial charge in [-0.15, -0.1) is 0 Å². The standard InChI is InChI=1S/C15H11ClFNO/c16-13-6-5-11(17)7-14(13)18-8-10-9-19-15-4-2-1-3-12(10)15/h1-7,9,18H,8H2. The van der Waals surface area contributed by atoms with Crippen molar-refractivity contribution in [3.63, 3.8) is 0 Å². The lowest BCUT2D eigenvalue weighted by molar-refractivity contribution is 0.611. The van der Waals surface area contributed by atoms with Gasteiger partial charge in [-0.2, -0.15) is 0 Å². The lowest BCUT2D eigenvalue weighted by atomic mass is 10.2. The first-order chi connectivity index (χ1) is 9.24. The van der Waals surface area contributed by atoms with Gasteiger partial charge < -0.3 is 9.73 Å². The van der Waals surface area contributed by atoms with E-state index in [1.54, 1.807) is 6.26 Å². The van der Waals surface area contributed by atoms with Crippen molar-refractivity contribution < 1.29 is 8.81 Å². The summed E-state index contributed by atoms with van der Waals surface area (Å²) < 4.78 is 18.6. The highest BCUT2D eigenvalue weighted by Crippen LogP contribution is 2.25. The monoisotopic (exact) mass is 275 g/mol. The fraction of sp³-hybridized carbons (Fsp3) is 0.0667. The van der Waals surface area contributed by atoms with Crippen molar-refractivity contribution in [1.29, 1.82) is 0 Å². The van der Waals surface area contributed by atoms with Crippen LogP contribution in [0.25, 0.3) is 11.0 Å². The molecule has 0 spiro atoms. The molecule has 0 fully saturated rings. The van der Waals surface area contributed by atoms with Crippen molar-refractivity contribution in [2.45, 2.75) is 6.54 Å². The second kappa shape index (κ2) is 4.94. The van der Waals surface area contributed by atoms with Gasteiger partial charge in [-0.25, -0.2) is 4.39 Å². The zero-order valence-corrected chi connectivity index (χ0v) is 10.7. The third-order valence-electron chi connectivity index (χ3n) is 2.96. The van der Waals surface area contributed by atoms with Crippen LogP contribution in [-0.4, -0.2) is 0 Å². The van der Waals surface area contributed by atoms with Crippen LogP contribution in [0.5, 0.6) is 0 Å². The maximum absolute atomic E-state index is 13.1. The average Bonchev–Trinajstić information content (AvgIpc) is 2.83. The number of nitrogens with one attached hydrogen (secondary N) is 1. The molecule has 0 radical (unpaired) electrons. The number of benzene rings is 2. The summed E-state index contributed by atoms with van der Waals surface area (Å²) in [5.41, 5.74) is 2.42. The predicted molar refractivity (Wildman–Crippen MR) is 75.0 cm³/mol. The van der Waals surface area contributed by atoms with Crippen LogP contribution in [0, 0.1) is 5.82 Å². The van der Waals surface area contributed by atoms with Crippen LogP contribution in [0.2, 0.25) is 5.02 Å². The molecule has 0 saturated carbocycles. The minimum Gasteiger partial charge on any atom is -0.464 e. The molecule has 0 atom stereocenters. The summed E-state index contributed by atoms with van der Waals surface area (Å²) in [6, 6.07) is 12.0. The first-order valence-corrected chi connectivity index (χ1v) is 6.26. The van der Waals surface area contributed by atoms with Crippen molar-refractivity contribution in [2.24, 2.45) is 0 Å². The van der Waals surface area contributed by atoms with E-state index in [1.165, 1.54) is 18.2 Å². The Kier molecular flexibility index (Phi) is 3.13. The van der Waals surface area contributed by atoms with Crippen LogP contribution in [0.3, 0.4) is 0 Å². The van der Waals surface area contributed by atoms with E-state index in [-0.39, 0.29) is 5.82 Å². The Hall–Kier alpha value is -2.00. The molecule has 0 aliphatic carbocycles. The molecule has 3 aromatic rings. The molecule has 19 heavy (non-hydrogen) atoms. The molecule has 0 amide bonds. The summed E-state index contributed by atoms with van der Waals surface area (Å²) >= 11 is 6.00. The molecule has 3 rings (SSSR count). The van der Waals surface area contributed by atoms with Crippen LogP contribution in [0.1, 0.15) is 5.56 Å². The maximum atomic E-state index is 13.1. The number of halogens is 2. The van der Waals surface area contributed by atoms with E-state index in [1.807, 2.05) is 24.3 Å². The van der Waals surface area contributed by atoms with Crippen LogP contribution >= 0.6 is 11.6 Å². The fourth-order valence-electron chi connectivity index (χ4n) is 1.99. The van der Waals surface area contributed by atoms with Gasteiger partial charge in [0.05, 0.1) is 17.0 Å². The Morgan fingerprint density at radius 1 is 1.16 bits per heavy atom. The van der Waals surface area contributed by atoms with Crippen LogP contribution in [0.15, 0.2) is 53.1 Å². The van der Waals surface area contributed by atoms with Crippen molar-refractivity contribution in [1.82, 2.24) is 0 Å². The normalized spacial score (nSPS) is 10.8. The number of fused-ring (bicyclic) bond motifs is 1. The van der Waals surface area contributed by atoms with E-state index in [0.717, 1.165) is 16.5 Å². The van der Waals surface area contributed by atoms with Crippen molar-refractivity contribution in [2.75, 3.05) is 5.32 Å². The van der Waals surface area contributed by atoms with Gasteiger partial charge in [-0.3, -0.25) is 0 Å². The minimum atomic E-state index is -0.316. The SMILES string of the molecule is Fc1ccc(Cl)c(NCc2coc3ccccc23)c1. The second-order valence-electron chi connectivity index (χ2n) is 4.23. The highest BCUT2D eigenvalue weighted by molar-refractivity contribution is 6.33. The summed E-state index contributed by atoms with van der Waals surface area (Å²) in [5.74, 6) is -0.316. The molecule has 1 aromatic heterocycles. The number of hydrogen-bond acceptors (Lipinski definition) is 2. The molecular formula is C15H11ClFNO. The molecule has 2 nitrogen and oxygen atoms in total. The zero-order chi connectivity index (χ0) is 13.2. The molecule has 96 valence electrons. The highest BCUT2D eigenvalue weighted by atomic mass is 35.5. The Labute approximate surface area is 114 Å². The zero-order valence-electron chi connectivity index (χ0n) is 9.99. The third-order valence-corrected chi connectivity index (χ3v) is 3.29. The summed E-state index contributed by atoms with van der Waals surface area (Å²) in [6.45, 7) is 0.528. The lowest BCUT2D eigenvalue weighted by Crippen LogP contribution is -1.99. The van der Waals surface area contributed by atoms with Gasteiger partial charge in [0.25, 0.3) is 0 Å². The highest BCUT2D eigenvalue weighted by Gasteiger charge is 2.06. The molecule has 2 aromatic carbocycles. The molecule has 0 aliphatic heterocycles. The van der Waals surface area contributed by atoms with Crippen LogP contribution in [-0.2, 0) is 6.54 Å². The van der Waals surface area contributed by atoms with Gasteiger partial charge in [-0.1, -0.05) is 29.8 Å². The van der Waals surface area contributed by atoms with E-state index in [0.29, 0.717) is 17.3 Å². The van der Waals surface area contributed by atoms with E-state index >= 15 is 0 Å². The molecule has 0 saturated heterocycles. The van der Waals surface area contributed by atoms with E-state index in [9.17, 15) is 4.39 Å². The molecule has 4 heteroatoms. The quantitative estimate of drug-likeness (QED) is 0.740. The summed E-state index contributed by atoms with van der Waals surface area (Å²) in [6.07, 6.45) is 1.70. The largest absolute Gasteiger partial charge is 0.464 e. The van der Waals surface area contributed by atoms with Gasteiger partial charge in [0.2, 0.25) is 0 Å². The molecular weight excluding hydrogens is 265 g/mol. The summed E-state index contributed by atoms with van der Waals surface area (Å²) in [5, 5.41) is 4.65. The number of para-hydroxylation sites is 1. The van der Waals surface area contributed by atoms with Crippen molar-refractivity contribution in [3.8, 4) is 0 Å². The maximum Gasteiger partial charge on any atom is 0.134 e. The second-order valence-corrected chi connectivity index (χ2v) is 4.64. The van der Waals surface area contributed by atoms with E-state index < -0.39 is 0 Å². The lowest BCUT2D eigenvalue weighted by Gasteiger charge is -2.07. The summed E-state index contributed by atoms with van der Waals surface area (Å²) in [4.78, 5) is 0. The van der Waals surface area contributed by atoms with E-state index in [4.69, 9.17) is 16.0 Å². The minimum absolute atomic E-state index is 0.316. The number of hydrogen-bond donors (Lipinski definition) is 1. The Bertz CT molecular complexity index is 723. The van der Waals surface area contributed by atoms with E-state index in [2.05, 4.69) is 5.32 Å². The Morgan fingerprint density at radius 3 is 2.89 bits per heavy atom. The topological polar surface area (TPSA) is 25.2 Å². The number of rotatable bonds is 3. The first-order valence-electron chi connectivity index (χ1n) is 5.88. The predicted octanol–water partition coefficient (Wildman–Crippen LogP) is 4.84. The third kappa shape index (κ3) is 2.42. The smallest absolute Gasteiger partial charge is 0.134 e. The molecule has 1 N–H and O–H groups in total. The molecule has 0 unspecified atom stereocenters. The molecule has 1 heterocycles. The summed E-state index contributed by atoms with van der Waals surface area (Å²) in [7, 11) is 0. The van der Waals surface area contributed by atoms with Crippen LogP contribution < -0.4 is 5.32 Å². The van der Waals surface area contributed by atoms with Gasteiger partial charge in [0, 0.05) is 17.5 Å². The van der Waals surface area contributed by atoms with Crippen LogP contribution in [0.4, 0.5) is 10.1 Å². The van der Waals surface area contributed by atoms with Gasteiger partial charge in [0.1, 0.15) is 11.4 Å². The number of furan rings is 1. The first kappa shape index (κ1) is 12.1. The fourth-order valence-corrected chi connectivity index (χ4v) is 2.18. The van der Waals surface area contributed by atoms with Gasteiger partial charge in [0.15, 0.2) is 0 Å². The number of anilines is 1. The van der Waals surface area contributed by atoms with Gasteiger partial charge in [-0.05, 0) is 24.3 Å². The van der Waals surface area contributed by atoms with Crippen molar-refractivity contribution >= 4 is 28.3 Å². The Morgan fingerprint density at radius 2 is 2.00 bits per heavy atom. The average molecular weight is 276 g/mol. The van der Waals surface area contributed by atoms with Crippen molar-refractivity contribution in [3.05, 3.63) is 65.1 Å². The molecule has 0 bridgehead atoms.